The molecule has 8 nitrogen and oxygen atoms in total. The normalized spacial score (nSPS) is 21.2. The second kappa shape index (κ2) is 12.0. The SMILES string of the molecule is O=C(NC1(C(=O)N[C@@H]2CCC[C@@H]2C(=O)O)CCN(Cc2ccccc2)CC1)OCC1c2ccccc2-c2ccccc21. The monoisotopic (exact) mass is 567 g/mol. The molecule has 3 aliphatic rings. The first-order valence-electron chi connectivity index (χ1n) is 14.9. The number of hydrogen-bond donors (Lipinski definition) is 3. The Morgan fingerprint density at radius 2 is 1.48 bits per heavy atom. The summed E-state index contributed by atoms with van der Waals surface area (Å²) < 4.78 is 5.83. The number of nitrogens with one attached hydrogen (secondary N) is 2. The lowest BCUT2D eigenvalue weighted by atomic mass is 9.85. The van der Waals surface area contributed by atoms with Gasteiger partial charge in [-0.2, -0.15) is 0 Å². The first kappa shape index (κ1) is 28.0. The van der Waals surface area contributed by atoms with Gasteiger partial charge in [0.15, 0.2) is 0 Å². The lowest BCUT2D eigenvalue weighted by molar-refractivity contribution is -0.142. The van der Waals surface area contributed by atoms with Crippen LogP contribution in [0.1, 0.15) is 54.7 Å². The number of benzene rings is 3. The number of carboxylic acids is 1. The van der Waals surface area contributed by atoms with E-state index in [-0.39, 0.29) is 18.4 Å². The number of nitrogens with zero attached hydrogens (tertiary/aromatic N) is 1. The summed E-state index contributed by atoms with van der Waals surface area (Å²) in [5, 5.41) is 15.6. The van der Waals surface area contributed by atoms with Gasteiger partial charge in [0.05, 0.1) is 5.92 Å². The van der Waals surface area contributed by atoms with Crippen molar-refractivity contribution in [1.29, 1.82) is 0 Å². The summed E-state index contributed by atoms with van der Waals surface area (Å²) in [6, 6.07) is 26.0. The number of carbonyl (C=O) groups excluding carboxylic acids is 2. The molecule has 0 aromatic heterocycles. The van der Waals surface area contributed by atoms with Crippen LogP contribution in [-0.4, -0.2) is 59.3 Å². The van der Waals surface area contributed by atoms with Gasteiger partial charge in [-0.1, -0.05) is 85.3 Å². The van der Waals surface area contributed by atoms with Crippen LogP contribution < -0.4 is 10.6 Å². The summed E-state index contributed by atoms with van der Waals surface area (Å²) in [4.78, 5) is 41.3. The Hall–Kier alpha value is -4.17. The van der Waals surface area contributed by atoms with Gasteiger partial charge in [0.2, 0.25) is 5.91 Å². The minimum Gasteiger partial charge on any atom is -0.481 e. The maximum atomic E-state index is 13.8. The van der Waals surface area contributed by atoms with Gasteiger partial charge in [0, 0.05) is 31.6 Å². The Morgan fingerprint density at radius 1 is 0.857 bits per heavy atom. The van der Waals surface area contributed by atoms with Crippen LogP contribution in [0.2, 0.25) is 0 Å². The van der Waals surface area contributed by atoms with Gasteiger partial charge >= 0.3 is 12.1 Å². The molecule has 3 aromatic rings. The number of aliphatic carboxylic acids is 1. The summed E-state index contributed by atoms with van der Waals surface area (Å²) >= 11 is 0. The number of piperidine rings is 1. The van der Waals surface area contributed by atoms with Crippen LogP contribution in [0.4, 0.5) is 4.79 Å². The van der Waals surface area contributed by atoms with Crippen LogP contribution >= 0.6 is 0 Å². The van der Waals surface area contributed by atoms with Gasteiger partial charge in [0.1, 0.15) is 12.1 Å². The molecule has 218 valence electrons. The second-order valence-corrected chi connectivity index (χ2v) is 11.7. The zero-order valence-electron chi connectivity index (χ0n) is 23.6. The van der Waals surface area contributed by atoms with Gasteiger partial charge in [-0.25, -0.2) is 4.79 Å². The van der Waals surface area contributed by atoms with Crippen molar-refractivity contribution in [2.45, 2.75) is 56.1 Å². The minimum absolute atomic E-state index is 0.0875. The highest BCUT2D eigenvalue weighted by molar-refractivity contribution is 5.91. The third-order valence-corrected chi connectivity index (χ3v) is 9.23. The van der Waals surface area contributed by atoms with Crippen molar-refractivity contribution in [3.8, 4) is 11.1 Å². The molecular weight excluding hydrogens is 530 g/mol. The Morgan fingerprint density at radius 3 is 2.12 bits per heavy atom. The van der Waals surface area contributed by atoms with Crippen molar-refractivity contribution in [3.63, 3.8) is 0 Å². The number of ether oxygens (including phenoxy) is 1. The van der Waals surface area contributed by atoms with Crippen molar-refractivity contribution < 1.29 is 24.2 Å². The molecule has 0 spiro atoms. The number of fused-ring (bicyclic) bond motifs is 3. The molecule has 1 aliphatic heterocycles. The van der Waals surface area contributed by atoms with Crippen LogP contribution in [0.25, 0.3) is 11.1 Å². The fourth-order valence-electron chi connectivity index (χ4n) is 6.91. The summed E-state index contributed by atoms with van der Waals surface area (Å²) in [5.74, 6) is -1.92. The molecule has 0 radical (unpaired) electrons. The first-order valence-corrected chi connectivity index (χ1v) is 14.9. The average molecular weight is 568 g/mol. The van der Waals surface area contributed by atoms with Crippen LogP contribution in [0.5, 0.6) is 0 Å². The van der Waals surface area contributed by atoms with Gasteiger partial charge in [-0.05, 0) is 53.5 Å². The Labute approximate surface area is 246 Å². The molecule has 1 heterocycles. The Balaban J connectivity index is 1.16. The van der Waals surface area contributed by atoms with Crippen molar-refractivity contribution in [2.75, 3.05) is 19.7 Å². The fraction of sp³-hybridized carbons (Fsp3) is 0.382. The molecule has 42 heavy (non-hydrogen) atoms. The molecule has 3 aromatic carbocycles. The predicted molar refractivity (Wildman–Crippen MR) is 159 cm³/mol. The van der Waals surface area contributed by atoms with E-state index in [1.807, 2.05) is 42.5 Å². The standard InChI is InChI=1S/C34H37N3O5/c38-31(39)28-15-8-16-30(28)35-32(40)34(17-19-37(20-18-34)21-23-9-2-1-3-10-23)36-33(41)42-22-29-26-13-6-4-11-24(26)25-12-5-7-14-27(25)29/h1-7,9-14,28-30H,8,15-22H2,(H,35,40)(H,36,41)(H,38,39)/t28-,30+/m0/s1. The number of carboxylic acid groups (broad SMARTS) is 1. The minimum atomic E-state index is -1.18. The number of carbonyl (C=O) groups is 3. The third kappa shape index (κ3) is 5.63. The molecule has 0 unspecified atom stereocenters. The third-order valence-electron chi connectivity index (χ3n) is 9.23. The molecule has 6 rings (SSSR count). The molecule has 2 amide bonds. The van der Waals surface area contributed by atoms with Crippen molar-refractivity contribution >= 4 is 18.0 Å². The highest BCUT2D eigenvalue weighted by Crippen LogP contribution is 2.44. The molecular formula is C34H37N3O5. The molecule has 3 N–H and O–H groups in total. The highest BCUT2D eigenvalue weighted by Gasteiger charge is 2.46. The molecule has 1 saturated heterocycles. The Bertz CT molecular complexity index is 1400. The molecule has 2 fully saturated rings. The first-order chi connectivity index (χ1) is 20.4. The van der Waals surface area contributed by atoms with Gasteiger partial charge in [-0.3, -0.25) is 14.5 Å². The predicted octanol–water partition coefficient (Wildman–Crippen LogP) is 4.93. The van der Waals surface area contributed by atoms with Crippen molar-refractivity contribution in [1.82, 2.24) is 15.5 Å². The average Bonchev–Trinajstić information content (AvgIpc) is 3.60. The van der Waals surface area contributed by atoms with Crippen LogP contribution in [0.15, 0.2) is 78.9 Å². The number of amides is 2. The highest BCUT2D eigenvalue weighted by atomic mass is 16.5. The van der Waals surface area contributed by atoms with E-state index in [0.717, 1.165) is 35.2 Å². The lowest BCUT2D eigenvalue weighted by Gasteiger charge is -2.41. The van der Waals surface area contributed by atoms with E-state index in [4.69, 9.17) is 4.74 Å². The second-order valence-electron chi connectivity index (χ2n) is 11.7. The van der Waals surface area contributed by atoms with Crippen LogP contribution in [0.3, 0.4) is 0 Å². The van der Waals surface area contributed by atoms with Gasteiger partial charge in [-0.15, -0.1) is 0 Å². The van der Waals surface area contributed by atoms with E-state index in [2.05, 4.69) is 51.9 Å². The maximum absolute atomic E-state index is 13.8. The number of rotatable bonds is 8. The maximum Gasteiger partial charge on any atom is 0.408 e. The fourth-order valence-corrected chi connectivity index (χ4v) is 6.91. The number of alkyl carbamates (subject to hydrolysis) is 1. The van der Waals surface area contributed by atoms with Crippen LogP contribution in [0, 0.1) is 5.92 Å². The van der Waals surface area contributed by atoms with E-state index in [1.54, 1.807) is 0 Å². The van der Waals surface area contributed by atoms with Crippen molar-refractivity contribution in [2.24, 2.45) is 5.92 Å². The summed E-state index contributed by atoms with van der Waals surface area (Å²) in [6.07, 6.45) is 2.08. The Kier molecular flexibility index (Phi) is 7.98. The van der Waals surface area contributed by atoms with Gasteiger partial charge < -0.3 is 20.5 Å². The van der Waals surface area contributed by atoms with E-state index in [0.29, 0.717) is 38.8 Å². The summed E-state index contributed by atoms with van der Waals surface area (Å²) in [5.41, 5.74) is 4.54. The van der Waals surface area contributed by atoms with E-state index >= 15 is 0 Å². The van der Waals surface area contributed by atoms with Gasteiger partial charge in [0.25, 0.3) is 0 Å². The largest absolute Gasteiger partial charge is 0.481 e. The summed E-state index contributed by atoms with van der Waals surface area (Å²) in [7, 11) is 0. The molecule has 0 bridgehead atoms. The molecule has 2 atom stereocenters. The smallest absolute Gasteiger partial charge is 0.408 e. The van der Waals surface area contributed by atoms with Crippen LogP contribution in [-0.2, 0) is 20.9 Å². The molecule has 8 heteroatoms. The molecule has 2 aliphatic carbocycles. The number of likely N-dealkylation sites (tertiary alicyclic amines) is 1. The molecule has 1 saturated carbocycles. The zero-order chi connectivity index (χ0) is 29.1. The van der Waals surface area contributed by atoms with E-state index in [1.165, 1.54) is 5.56 Å². The van der Waals surface area contributed by atoms with E-state index < -0.39 is 29.6 Å². The quantitative estimate of drug-likeness (QED) is 0.356. The lowest BCUT2D eigenvalue weighted by Crippen LogP contribution is -2.64. The van der Waals surface area contributed by atoms with E-state index in [9.17, 15) is 19.5 Å². The topological polar surface area (TPSA) is 108 Å². The summed E-state index contributed by atoms with van der Waals surface area (Å²) in [6.45, 7) is 2.13. The van der Waals surface area contributed by atoms with Crippen molar-refractivity contribution in [3.05, 3.63) is 95.6 Å². The zero-order valence-corrected chi connectivity index (χ0v) is 23.6. The number of hydrogen-bond acceptors (Lipinski definition) is 5.